The van der Waals surface area contributed by atoms with E-state index in [-0.39, 0.29) is 35.5 Å². The van der Waals surface area contributed by atoms with Crippen LogP contribution in [0.3, 0.4) is 0 Å². The Morgan fingerprint density at radius 1 is 1.19 bits per heavy atom. The molecule has 0 radical (unpaired) electrons. The van der Waals surface area contributed by atoms with Crippen molar-refractivity contribution in [2.24, 2.45) is 5.41 Å². The van der Waals surface area contributed by atoms with Crippen molar-refractivity contribution in [3.63, 3.8) is 0 Å². The fourth-order valence-corrected chi connectivity index (χ4v) is 5.90. The van der Waals surface area contributed by atoms with Crippen LogP contribution in [0.5, 0.6) is 5.75 Å². The second-order valence-electron chi connectivity index (χ2n) is 8.77. The van der Waals surface area contributed by atoms with Crippen molar-refractivity contribution >= 4 is 22.7 Å². The van der Waals surface area contributed by atoms with E-state index in [0.29, 0.717) is 35.7 Å². The van der Waals surface area contributed by atoms with E-state index in [4.69, 9.17) is 0 Å². The number of hydrogen-bond acceptors (Lipinski definition) is 6. The summed E-state index contributed by atoms with van der Waals surface area (Å²) >= 11 is 0. The molecule has 11 heteroatoms. The average molecular weight is 466 g/mol. The largest absolute Gasteiger partial charge is 0.573 e. The highest BCUT2D eigenvalue weighted by atomic mass is 32.2. The predicted molar refractivity (Wildman–Crippen MR) is 111 cm³/mol. The first-order chi connectivity index (χ1) is 15.2. The summed E-state index contributed by atoms with van der Waals surface area (Å²) in [5.41, 5.74) is 1.85. The summed E-state index contributed by atoms with van der Waals surface area (Å²) < 4.78 is 53.4. The van der Waals surface area contributed by atoms with E-state index in [1.54, 1.807) is 4.90 Å². The van der Waals surface area contributed by atoms with Crippen LogP contribution in [0.2, 0.25) is 0 Å². The second kappa shape index (κ2) is 7.72. The van der Waals surface area contributed by atoms with E-state index in [1.807, 2.05) is 6.07 Å². The van der Waals surface area contributed by atoms with Crippen molar-refractivity contribution in [1.29, 1.82) is 0 Å². The average Bonchev–Trinajstić information content (AvgIpc) is 3.52. The summed E-state index contributed by atoms with van der Waals surface area (Å²) in [5.74, 6) is 1.47. The molecule has 3 heterocycles. The number of nitrogens with one attached hydrogen (secondary N) is 1. The molecule has 1 spiro atoms. The Balaban J connectivity index is 1.20. The minimum absolute atomic E-state index is 0.0343. The minimum Gasteiger partial charge on any atom is -0.406 e. The molecule has 5 rings (SSSR count). The van der Waals surface area contributed by atoms with Crippen molar-refractivity contribution in [3.8, 4) is 5.75 Å². The zero-order valence-corrected chi connectivity index (χ0v) is 17.8. The Bertz CT molecular complexity index is 1060. The fraction of sp³-hybridized carbons (Fsp3) is 0.476. The van der Waals surface area contributed by atoms with Crippen LogP contribution in [0.25, 0.3) is 0 Å². The number of anilines is 1. The highest BCUT2D eigenvalue weighted by Gasteiger charge is 2.53. The van der Waals surface area contributed by atoms with Gasteiger partial charge in [0.25, 0.3) is 5.91 Å². The van der Waals surface area contributed by atoms with Crippen LogP contribution in [-0.2, 0) is 17.3 Å². The molecule has 3 fully saturated rings. The number of carbonyl (C=O) groups is 1. The lowest BCUT2D eigenvalue weighted by atomic mass is 9.82. The van der Waals surface area contributed by atoms with Gasteiger partial charge in [-0.15, -0.1) is 13.2 Å². The Hall–Kier alpha value is -2.69. The van der Waals surface area contributed by atoms with Crippen LogP contribution >= 0.6 is 0 Å². The third-order valence-electron chi connectivity index (χ3n) is 5.89. The summed E-state index contributed by atoms with van der Waals surface area (Å²) in [6, 6.07) is 4.64. The van der Waals surface area contributed by atoms with Gasteiger partial charge in [0, 0.05) is 59.7 Å². The highest BCUT2D eigenvalue weighted by molar-refractivity contribution is 7.86. The van der Waals surface area contributed by atoms with E-state index in [1.165, 1.54) is 24.5 Å². The van der Waals surface area contributed by atoms with Gasteiger partial charge in [-0.3, -0.25) is 9.00 Å². The van der Waals surface area contributed by atoms with Crippen LogP contribution in [0.1, 0.15) is 40.2 Å². The molecule has 2 saturated heterocycles. The molecule has 0 bridgehead atoms. The molecule has 32 heavy (non-hydrogen) atoms. The van der Waals surface area contributed by atoms with Gasteiger partial charge in [-0.05, 0) is 42.0 Å². The van der Waals surface area contributed by atoms with Crippen molar-refractivity contribution in [1.82, 2.24) is 14.9 Å². The van der Waals surface area contributed by atoms with Crippen LogP contribution < -0.4 is 10.1 Å². The van der Waals surface area contributed by atoms with Gasteiger partial charge < -0.3 is 15.0 Å². The first kappa shape index (κ1) is 21.2. The first-order valence-corrected chi connectivity index (χ1v) is 11.8. The fourth-order valence-electron chi connectivity index (χ4n) is 4.26. The van der Waals surface area contributed by atoms with Gasteiger partial charge >= 0.3 is 6.36 Å². The van der Waals surface area contributed by atoms with E-state index < -0.39 is 17.2 Å². The summed E-state index contributed by atoms with van der Waals surface area (Å²) in [7, 11) is -0.746. The van der Waals surface area contributed by atoms with Crippen molar-refractivity contribution < 1.29 is 26.9 Å². The number of rotatable bonds is 6. The van der Waals surface area contributed by atoms with Gasteiger partial charge in [0.2, 0.25) is 5.95 Å². The zero-order chi connectivity index (χ0) is 22.5. The molecule has 3 aliphatic rings. The summed E-state index contributed by atoms with van der Waals surface area (Å²) in [6.45, 7) is 1.43. The molecule has 2 aliphatic heterocycles. The highest BCUT2D eigenvalue weighted by Crippen LogP contribution is 2.42. The number of ether oxygens (including phenoxy) is 1. The number of aromatic nitrogens is 2. The molecule has 2 aromatic rings. The number of benzene rings is 1. The Kier molecular flexibility index (Phi) is 5.11. The monoisotopic (exact) mass is 466 g/mol. The maximum absolute atomic E-state index is 12.6. The molecule has 1 saturated carbocycles. The minimum atomic E-state index is -4.75. The van der Waals surface area contributed by atoms with Crippen LogP contribution in [-0.4, -0.2) is 55.9 Å². The number of halogens is 3. The Labute approximate surface area is 184 Å². The van der Waals surface area contributed by atoms with E-state index in [2.05, 4.69) is 20.0 Å². The van der Waals surface area contributed by atoms with E-state index >= 15 is 0 Å². The van der Waals surface area contributed by atoms with Crippen molar-refractivity contribution in [3.05, 3.63) is 47.3 Å². The van der Waals surface area contributed by atoms with Crippen LogP contribution in [0.15, 0.2) is 30.6 Å². The number of amides is 1. The summed E-state index contributed by atoms with van der Waals surface area (Å²) in [6.07, 6.45) is 0.0266. The van der Waals surface area contributed by atoms with Gasteiger partial charge in [-0.1, -0.05) is 6.07 Å². The van der Waals surface area contributed by atoms with Crippen molar-refractivity contribution in [2.75, 3.05) is 29.9 Å². The molecular formula is C21H21F3N4O3S. The van der Waals surface area contributed by atoms with Crippen molar-refractivity contribution in [2.45, 2.75) is 31.7 Å². The molecule has 1 aliphatic carbocycles. The molecular weight excluding hydrogens is 445 g/mol. The lowest BCUT2D eigenvalue weighted by Crippen LogP contribution is -2.67. The third-order valence-corrected chi connectivity index (χ3v) is 7.76. The molecule has 1 aromatic carbocycles. The standard InChI is InChI=1S/C21H21F3N4O3S/c22-21(23,24)31-17-4-13(3-15(5-17)14-1-2-14)6-25-19-26-7-16(8-27-19)18(29)28-9-20(10-28)11-32(30)12-20/h3-5,7-8,14H,1-2,6,9-12H2,(H,25,26,27). The number of nitrogens with zero attached hydrogens (tertiary/aromatic N) is 3. The molecule has 0 atom stereocenters. The third kappa shape index (κ3) is 4.57. The molecule has 1 aromatic heterocycles. The first-order valence-electron chi connectivity index (χ1n) is 10.3. The lowest BCUT2D eigenvalue weighted by molar-refractivity contribution is -0.274. The second-order valence-corrected chi connectivity index (χ2v) is 10.2. The van der Waals surface area contributed by atoms with Crippen LogP contribution in [0.4, 0.5) is 19.1 Å². The van der Waals surface area contributed by atoms with Gasteiger partial charge in [0.05, 0.1) is 5.56 Å². The topological polar surface area (TPSA) is 84.4 Å². The number of alkyl halides is 3. The number of hydrogen-bond donors (Lipinski definition) is 1. The normalized spacial score (nSPS) is 19.9. The lowest BCUT2D eigenvalue weighted by Gasteiger charge is -2.54. The molecule has 0 unspecified atom stereocenters. The summed E-state index contributed by atoms with van der Waals surface area (Å²) in [4.78, 5) is 22.6. The van der Waals surface area contributed by atoms with E-state index in [9.17, 15) is 22.2 Å². The van der Waals surface area contributed by atoms with E-state index in [0.717, 1.165) is 18.4 Å². The Morgan fingerprint density at radius 3 is 2.47 bits per heavy atom. The number of likely N-dealkylation sites (tertiary alicyclic amines) is 1. The quantitative estimate of drug-likeness (QED) is 0.705. The SMILES string of the molecule is O=C(c1cnc(NCc2cc(OC(F)(F)F)cc(C3CC3)c2)nc1)N1CC2(C1)CS(=O)C2. The van der Waals surface area contributed by atoms with Gasteiger partial charge in [0.1, 0.15) is 5.75 Å². The van der Waals surface area contributed by atoms with Crippen LogP contribution in [0, 0.1) is 5.41 Å². The van der Waals surface area contributed by atoms with Gasteiger partial charge in [-0.2, -0.15) is 0 Å². The van der Waals surface area contributed by atoms with Gasteiger partial charge in [-0.25, -0.2) is 9.97 Å². The predicted octanol–water partition coefficient (Wildman–Crippen LogP) is 3.07. The molecule has 1 amide bonds. The van der Waals surface area contributed by atoms with Gasteiger partial charge in [0.15, 0.2) is 0 Å². The maximum Gasteiger partial charge on any atom is 0.573 e. The number of carbonyl (C=O) groups excluding carboxylic acids is 1. The molecule has 170 valence electrons. The molecule has 7 nitrogen and oxygen atoms in total. The Morgan fingerprint density at radius 2 is 1.88 bits per heavy atom. The summed E-state index contributed by atoms with van der Waals surface area (Å²) in [5, 5.41) is 2.98. The maximum atomic E-state index is 12.6. The smallest absolute Gasteiger partial charge is 0.406 e. The zero-order valence-electron chi connectivity index (χ0n) is 17.0. The molecule has 1 N–H and O–H groups in total.